The monoisotopic (exact) mass is 283 g/mol. The number of fused-ring (bicyclic) bond motifs is 1. The third-order valence-electron chi connectivity index (χ3n) is 5.44. The van der Waals surface area contributed by atoms with Crippen molar-refractivity contribution in [3.05, 3.63) is 30.5 Å². The lowest BCUT2D eigenvalue weighted by atomic mass is 9.74. The number of nitrogens with two attached hydrogens (primary N) is 1. The first-order chi connectivity index (χ1) is 10.2. The number of piperidine rings is 1. The highest BCUT2D eigenvalue weighted by molar-refractivity contribution is 5.98. The van der Waals surface area contributed by atoms with Crippen molar-refractivity contribution in [1.82, 2.24) is 4.98 Å². The van der Waals surface area contributed by atoms with Gasteiger partial charge >= 0.3 is 0 Å². The zero-order valence-corrected chi connectivity index (χ0v) is 13.1. The third kappa shape index (κ3) is 2.45. The molecule has 0 spiro atoms. The summed E-state index contributed by atoms with van der Waals surface area (Å²) in [4.78, 5) is 6.95. The Balaban J connectivity index is 1.91. The molecule has 2 heterocycles. The molecule has 0 radical (unpaired) electrons. The Bertz CT molecular complexity index is 621. The second-order valence-corrected chi connectivity index (χ2v) is 6.27. The second kappa shape index (κ2) is 5.55. The van der Waals surface area contributed by atoms with E-state index in [0.29, 0.717) is 5.41 Å². The molecule has 0 unspecified atom stereocenters. The van der Waals surface area contributed by atoms with Crippen LogP contribution in [0, 0.1) is 5.41 Å². The zero-order chi connectivity index (χ0) is 14.9. The number of nitrogen functional groups attached to an aromatic ring is 1. The van der Waals surface area contributed by atoms with E-state index in [0.717, 1.165) is 24.3 Å². The second-order valence-electron chi connectivity index (χ2n) is 6.27. The van der Waals surface area contributed by atoms with Gasteiger partial charge < -0.3 is 10.6 Å². The largest absolute Gasteiger partial charge is 0.397 e. The smallest absolute Gasteiger partial charge is 0.0951 e. The number of rotatable bonds is 3. The Morgan fingerprint density at radius 1 is 1.14 bits per heavy atom. The number of hydrogen-bond donors (Lipinski definition) is 1. The molecule has 1 fully saturated rings. The van der Waals surface area contributed by atoms with Gasteiger partial charge in [0.25, 0.3) is 0 Å². The molecular weight excluding hydrogens is 258 g/mol. The molecule has 112 valence electrons. The molecule has 0 aliphatic carbocycles. The van der Waals surface area contributed by atoms with Crippen LogP contribution >= 0.6 is 0 Å². The summed E-state index contributed by atoms with van der Waals surface area (Å²) in [6.45, 7) is 6.94. The van der Waals surface area contributed by atoms with Gasteiger partial charge in [-0.2, -0.15) is 0 Å². The quantitative estimate of drug-likeness (QED) is 0.857. The predicted octanol–water partition coefficient (Wildman–Crippen LogP) is 4.22. The van der Waals surface area contributed by atoms with Gasteiger partial charge in [0.1, 0.15) is 0 Å². The molecule has 0 bridgehead atoms. The van der Waals surface area contributed by atoms with Crippen molar-refractivity contribution >= 4 is 22.3 Å². The van der Waals surface area contributed by atoms with Crippen LogP contribution in [0.3, 0.4) is 0 Å². The maximum Gasteiger partial charge on any atom is 0.0951 e. The molecule has 1 saturated heterocycles. The average Bonchev–Trinajstić information content (AvgIpc) is 2.55. The Kier molecular flexibility index (Phi) is 3.75. The molecular formula is C18H25N3. The fourth-order valence-electron chi connectivity index (χ4n) is 3.64. The Morgan fingerprint density at radius 3 is 2.52 bits per heavy atom. The summed E-state index contributed by atoms with van der Waals surface area (Å²) >= 11 is 0. The van der Waals surface area contributed by atoms with Crippen LogP contribution in [-0.2, 0) is 0 Å². The van der Waals surface area contributed by atoms with E-state index in [1.54, 1.807) is 0 Å². The maximum atomic E-state index is 6.06. The van der Waals surface area contributed by atoms with Crippen LogP contribution in [0.2, 0.25) is 0 Å². The first-order valence-electron chi connectivity index (χ1n) is 8.07. The average molecular weight is 283 g/mol. The van der Waals surface area contributed by atoms with Gasteiger partial charge in [0, 0.05) is 30.4 Å². The Hall–Kier alpha value is -1.77. The minimum absolute atomic E-state index is 0.554. The van der Waals surface area contributed by atoms with Crippen molar-refractivity contribution in [2.24, 2.45) is 5.41 Å². The lowest BCUT2D eigenvalue weighted by molar-refractivity contribution is 0.200. The molecule has 2 aromatic rings. The molecule has 3 heteroatoms. The molecule has 21 heavy (non-hydrogen) atoms. The summed E-state index contributed by atoms with van der Waals surface area (Å²) in [6, 6.07) is 8.21. The summed E-state index contributed by atoms with van der Waals surface area (Å²) in [6.07, 6.45) is 7.04. The lowest BCUT2D eigenvalue weighted by Gasteiger charge is -2.42. The summed E-state index contributed by atoms with van der Waals surface area (Å²) in [5.74, 6) is 0. The number of nitrogens with zero attached hydrogens (tertiary/aromatic N) is 2. The van der Waals surface area contributed by atoms with Crippen molar-refractivity contribution in [1.29, 1.82) is 0 Å². The third-order valence-corrected chi connectivity index (χ3v) is 5.44. The van der Waals surface area contributed by atoms with E-state index < -0.39 is 0 Å². The molecule has 1 aromatic carbocycles. The van der Waals surface area contributed by atoms with Crippen LogP contribution in [0.4, 0.5) is 11.4 Å². The number of pyridine rings is 1. The van der Waals surface area contributed by atoms with Crippen molar-refractivity contribution in [2.45, 2.75) is 39.5 Å². The lowest BCUT2D eigenvalue weighted by Crippen LogP contribution is -2.39. The highest BCUT2D eigenvalue weighted by atomic mass is 15.1. The molecule has 3 nitrogen and oxygen atoms in total. The summed E-state index contributed by atoms with van der Waals surface area (Å²) in [5, 5.41) is 1.18. The van der Waals surface area contributed by atoms with Gasteiger partial charge in [0.15, 0.2) is 0 Å². The van der Waals surface area contributed by atoms with Gasteiger partial charge in [-0.15, -0.1) is 0 Å². The van der Waals surface area contributed by atoms with E-state index in [2.05, 4.69) is 35.9 Å². The van der Waals surface area contributed by atoms with Crippen LogP contribution < -0.4 is 10.6 Å². The predicted molar refractivity (Wildman–Crippen MR) is 90.6 cm³/mol. The number of aromatic nitrogens is 1. The molecule has 1 aliphatic rings. The van der Waals surface area contributed by atoms with E-state index in [4.69, 9.17) is 5.73 Å². The molecule has 0 atom stereocenters. The number of para-hydroxylation sites is 1. The fraction of sp³-hybridized carbons (Fsp3) is 0.500. The molecule has 1 aliphatic heterocycles. The summed E-state index contributed by atoms with van der Waals surface area (Å²) < 4.78 is 0. The van der Waals surface area contributed by atoms with E-state index in [9.17, 15) is 0 Å². The first-order valence-corrected chi connectivity index (χ1v) is 8.07. The highest BCUT2D eigenvalue weighted by Gasteiger charge is 2.31. The minimum atomic E-state index is 0.554. The van der Waals surface area contributed by atoms with Crippen LogP contribution in [0.25, 0.3) is 10.9 Å². The van der Waals surface area contributed by atoms with Crippen LogP contribution in [0.15, 0.2) is 30.5 Å². The highest BCUT2D eigenvalue weighted by Crippen LogP contribution is 2.40. The minimum Gasteiger partial charge on any atom is -0.397 e. The normalized spacial score (nSPS) is 18.1. The van der Waals surface area contributed by atoms with Crippen molar-refractivity contribution < 1.29 is 0 Å². The van der Waals surface area contributed by atoms with E-state index in [1.165, 1.54) is 36.8 Å². The van der Waals surface area contributed by atoms with Gasteiger partial charge in [0.2, 0.25) is 0 Å². The molecule has 0 amide bonds. The standard InChI is InChI=1S/C18H25N3/c1-3-18(4-2)9-12-21(13-10-18)16-8-11-20-17-14(16)6-5-7-15(17)19/h5-8,11H,3-4,9-10,12-13,19H2,1-2H3. The number of hydrogen-bond acceptors (Lipinski definition) is 3. The molecule has 3 rings (SSSR count). The Morgan fingerprint density at radius 2 is 1.86 bits per heavy atom. The van der Waals surface area contributed by atoms with Crippen LogP contribution in [0.5, 0.6) is 0 Å². The maximum absolute atomic E-state index is 6.06. The SMILES string of the molecule is CCC1(CC)CCN(c2ccnc3c(N)cccc23)CC1. The van der Waals surface area contributed by atoms with Crippen LogP contribution in [0.1, 0.15) is 39.5 Å². The van der Waals surface area contributed by atoms with Crippen molar-refractivity contribution in [3.8, 4) is 0 Å². The zero-order valence-electron chi connectivity index (χ0n) is 13.1. The number of benzene rings is 1. The van der Waals surface area contributed by atoms with Crippen molar-refractivity contribution in [3.63, 3.8) is 0 Å². The topological polar surface area (TPSA) is 42.2 Å². The first kappa shape index (κ1) is 14.2. The number of anilines is 2. The molecule has 1 aromatic heterocycles. The van der Waals surface area contributed by atoms with Crippen molar-refractivity contribution in [2.75, 3.05) is 23.7 Å². The molecule has 2 N–H and O–H groups in total. The van der Waals surface area contributed by atoms with Gasteiger partial charge in [-0.1, -0.05) is 38.8 Å². The Labute approximate surface area is 127 Å². The fourth-order valence-corrected chi connectivity index (χ4v) is 3.64. The van der Waals surface area contributed by atoms with Gasteiger partial charge in [0.05, 0.1) is 11.2 Å². The van der Waals surface area contributed by atoms with Crippen LogP contribution in [-0.4, -0.2) is 18.1 Å². The van der Waals surface area contributed by atoms with E-state index in [-0.39, 0.29) is 0 Å². The van der Waals surface area contributed by atoms with E-state index in [1.807, 2.05) is 18.3 Å². The van der Waals surface area contributed by atoms with Gasteiger partial charge in [-0.25, -0.2) is 0 Å². The summed E-state index contributed by atoms with van der Waals surface area (Å²) in [5.41, 5.74) is 9.59. The van der Waals surface area contributed by atoms with Gasteiger partial charge in [-0.05, 0) is 30.4 Å². The van der Waals surface area contributed by atoms with E-state index >= 15 is 0 Å². The molecule has 0 saturated carbocycles. The van der Waals surface area contributed by atoms with Gasteiger partial charge in [-0.3, -0.25) is 4.98 Å². The summed E-state index contributed by atoms with van der Waals surface area (Å²) in [7, 11) is 0.